The molecular weight excluding hydrogens is 388 g/mol. The highest BCUT2D eigenvalue weighted by Crippen LogP contribution is 2.71. The Labute approximate surface area is 185 Å². The SMILES string of the molecule is CC1C(C)C2CC1C1C3CC(C(=O)OCC45CC6CC(C4)CC(C(=O)O)(C6)C5)C(C3)C21. The molecular formula is C27H38O4. The lowest BCUT2D eigenvalue weighted by Crippen LogP contribution is -2.56. The Bertz CT molecular complexity index is 819. The molecule has 8 bridgehead atoms. The minimum absolute atomic E-state index is 0.0609. The number of aliphatic carboxylic acids is 1. The molecule has 11 atom stereocenters. The quantitative estimate of drug-likeness (QED) is 0.507. The molecule has 31 heavy (non-hydrogen) atoms. The number of carbonyl (C=O) groups is 2. The van der Waals surface area contributed by atoms with Gasteiger partial charge < -0.3 is 9.84 Å². The highest BCUT2D eigenvalue weighted by molar-refractivity contribution is 5.76. The van der Waals surface area contributed by atoms with Gasteiger partial charge in [-0.05, 0) is 117 Å². The zero-order valence-corrected chi connectivity index (χ0v) is 19.1. The maximum Gasteiger partial charge on any atom is 0.309 e. The summed E-state index contributed by atoms with van der Waals surface area (Å²) < 4.78 is 6.13. The van der Waals surface area contributed by atoms with Gasteiger partial charge in [-0.1, -0.05) is 13.8 Å². The zero-order valence-electron chi connectivity index (χ0n) is 19.1. The maximum atomic E-state index is 13.3. The number of rotatable bonds is 4. The predicted molar refractivity (Wildman–Crippen MR) is 115 cm³/mol. The Morgan fingerprint density at radius 1 is 0.871 bits per heavy atom. The van der Waals surface area contributed by atoms with Crippen LogP contribution in [0.1, 0.15) is 71.6 Å². The second-order valence-corrected chi connectivity index (χ2v) is 13.6. The van der Waals surface area contributed by atoms with Crippen molar-refractivity contribution >= 4 is 11.9 Å². The molecule has 1 N–H and O–H groups in total. The van der Waals surface area contributed by atoms with Gasteiger partial charge in [0, 0.05) is 5.41 Å². The van der Waals surface area contributed by atoms with Gasteiger partial charge in [-0.3, -0.25) is 9.59 Å². The monoisotopic (exact) mass is 426 g/mol. The van der Waals surface area contributed by atoms with Gasteiger partial charge in [-0.15, -0.1) is 0 Å². The van der Waals surface area contributed by atoms with Gasteiger partial charge in [0.05, 0.1) is 17.9 Å². The molecule has 8 aliphatic carbocycles. The van der Waals surface area contributed by atoms with Crippen molar-refractivity contribution in [2.75, 3.05) is 6.61 Å². The van der Waals surface area contributed by atoms with Gasteiger partial charge in [0.25, 0.3) is 0 Å². The second-order valence-electron chi connectivity index (χ2n) is 13.6. The fourth-order valence-electron chi connectivity index (χ4n) is 11.7. The van der Waals surface area contributed by atoms with Crippen molar-refractivity contribution in [2.24, 2.45) is 75.9 Å². The molecule has 8 fully saturated rings. The lowest BCUT2D eigenvalue weighted by Gasteiger charge is -2.60. The third-order valence-corrected chi connectivity index (χ3v) is 12.3. The van der Waals surface area contributed by atoms with Crippen molar-refractivity contribution in [1.82, 2.24) is 0 Å². The Morgan fingerprint density at radius 2 is 1.55 bits per heavy atom. The Balaban J connectivity index is 1.05. The van der Waals surface area contributed by atoms with Crippen molar-refractivity contribution in [2.45, 2.75) is 71.6 Å². The number of carboxylic acid groups (broad SMARTS) is 1. The lowest BCUT2D eigenvalue weighted by atomic mass is 9.44. The molecule has 0 saturated heterocycles. The van der Waals surface area contributed by atoms with E-state index in [2.05, 4.69) is 13.8 Å². The van der Waals surface area contributed by atoms with Crippen LogP contribution in [-0.2, 0) is 14.3 Å². The van der Waals surface area contributed by atoms with Crippen molar-refractivity contribution in [1.29, 1.82) is 0 Å². The van der Waals surface area contributed by atoms with Crippen LogP contribution in [0.3, 0.4) is 0 Å². The van der Waals surface area contributed by atoms with Crippen molar-refractivity contribution in [3.8, 4) is 0 Å². The van der Waals surface area contributed by atoms with Gasteiger partial charge in [-0.25, -0.2) is 0 Å². The number of fused-ring (bicyclic) bond motifs is 9. The number of ether oxygens (including phenoxy) is 1. The summed E-state index contributed by atoms with van der Waals surface area (Å²) in [5.74, 6) is 7.07. The van der Waals surface area contributed by atoms with Crippen LogP contribution in [0.15, 0.2) is 0 Å². The number of carbonyl (C=O) groups excluding carboxylic acids is 1. The normalized spacial score (nSPS) is 59.9. The van der Waals surface area contributed by atoms with Crippen LogP contribution in [0.25, 0.3) is 0 Å². The molecule has 0 radical (unpaired) electrons. The minimum Gasteiger partial charge on any atom is -0.481 e. The van der Waals surface area contributed by atoms with Gasteiger partial charge >= 0.3 is 11.9 Å². The molecule has 0 aliphatic heterocycles. The number of carboxylic acids is 1. The maximum absolute atomic E-state index is 13.3. The summed E-state index contributed by atoms with van der Waals surface area (Å²) in [4.78, 5) is 25.5. The Kier molecular flexibility index (Phi) is 3.81. The summed E-state index contributed by atoms with van der Waals surface area (Å²) in [6, 6.07) is 0. The highest BCUT2D eigenvalue weighted by Gasteiger charge is 2.67. The van der Waals surface area contributed by atoms with Crippen LogP contribution in [-0.4, -0.2) is 23.7 Å². The van der Waals surface area contributed by atoms with Crippen molar-refractivity contribution in [3.63, 3.8) is 0 Å². The van der Waals surface area contributed by atoms with Crippen LogP contribution in [0.2, 0.25) is 0 Å². The standard InChI is InChI=1S/C27H38O4/c1-13-14(2)19-6-18(13)22-17-4-20(23(19)22)21(5-17)24(28)31-12-26-7-15-3-16(8-26)10-27(9-15,11-26)25(29)30/h13-23H,3-12H2,1-2H3,(H,29,30). The second kappa shape index (κ2) is 6.08. The number of hydrogen-bond donors (Lipinski definition) is 1. The topological polar surface area (TPSA) is 63.6 Å². The number of esters is 1. The van der Waals surface area contributed by atoms with E-state index in [1.54, 1.807) is 0 Å². The van der Waals surface area contributed by atoms with Crippen LogP contribution < -0.4 is 0 Å². The van der Waals surface area contributed by atoms with Crippen LogP contribution in [0.5, 0.6) is 0 Å². The van der Waals surface area contributed by atoms with E-state index in [0.717, 1.165) is 80.0 Å². The molecule has 4 heteroatoms. The molecule has 8 aliphatic rings. The average Bonchev–Trinajstić information content (AvgIpc) is 3.45. The predicted octanol–water partition coefficient (Wildman–Crippen LogP) is 5.01. The molecule has 170 valence electrons. The summed E-state index contributed by atoms with van der Waals surface area (Å²) in [7, 11) is 0. The largest absolute Gasteiger partial charge is 0.481 e. The van der Waals surface area contributed by atoms with Crippen LogP contribution in [0, 0.1) is 75.9 Å². The van der Waals surface area contributed by atoms with Gasteiger partial charge in [-0.2, -0.15) is 0 Å². The van der Waals surface area contributed by atoms with Crippen LogP contribution >= 0.6 is 0 Å². The number of hydrogen-bond acceptors (Lipinski definition) is 3. The third kappa shape index (κ3) is 2.43. The van der Waals surface area contributed by atoms with Crippen LogP contribution in [0.4, 0.5) is 0 Å². The molecule has 0 aromatic carbocycles. The van der Waals surface area contributed by atoms with E-state index in [-0.39, 0.29) is 17.3 Å². The van der Waals surface area contributed by atoms with Gasteiger partial charge in [0.1, 0.15) is 0 Å². The molecule has 0 amide bonds. The molecule has 8 saturated carbocycles. The van der Waals surface area contributed by atoms with Crippen molar-refractivity contribution in [3.05, 3.63) is 0 Å². The summed E-state index contributed by atoms with van der Waals surface area (Å²) >= 11 is 0. The first-order chi connectivity index (χ1) is 14.8. The molecule has 0 aromatic heterocycles. The molecule has 0 aromatic rings. The van der Waals surface area contributed by atoms with E-state index in [9.17, 15) is 14.7 Å². The Morgan fingerprint density at radius 3 is 2.23 bits per heavy atom. The molecule has 11 unspecified atom stereocenters. The van der Waals surface area contributed by atoms with E-state index in [4.69, 9.17) is 4.74 Å². The summed E-state index contributed by atoms with van der Waals surface area (Å²) in [6.45, 7) is 5.41. The summed E-state index contributed by atoms with van der Waals surface area (Å²) in [6.07, 6.45) is 9.52. The summed E-state index contributed by atoms with van der Waals surface area (Å²) in [5, 5.41) is 9.99. The Hall–Kier alpha value is -1.06. The molecule has 0 heterocycles. The van der Waals surface area contributed by atoms with E-state index < -0.39 is 11.4 Å². The van der Waals surface area contributed by atoms with E-state index >= 15 is 0 Å². The first-order valence-corrected chi connectivity index (χ1v) is 13.2. The first-order valence-electron chi connectivity index (χ1n) is 13.2. The van der Waals surface area contributed by atoms with E-state index in [0.29, 0.717) is 24.4 Å². The fraction of sp³-hybridized carbons (Fsp3) is 0.926. The highest BCUT2D eigenvalue weighted by atomic mass is 16.5. The van der Waals surface area contributed by atoms with Crippen molar-refractivity contribution < 1.29 is 19.4 Å². The molecule has 0 spiro atoms. The zero-order chi connectivity index (χ0) is 21.3. The van der Waals surface area contributed by atoms with E-state index in [1.165, 1.54) is 19.3 Å². The average molecular weight is 427 g/mol. The molecule has 4 nitrogen and oxygen atoms in total. The van der Waals surface area contributed by atoms with Gasteiger partial charge in [0.15, 0.2) is 0 Å². The fourth-order valence-corrected chi connectivity index (χ4v) is 11.7. The minimum atomic E-state index is -0.601. The lowest BCUT2D eigenvalue weighted by molar-refractivity contribution is -0.185. The molecule has 8 rings (SSSR count). The van der Waals surface area contributed by atoms with Gasteiger partial charge in [0.2, 0.25) is 0 Å². The van der Waals surface area contributed by atoms with E-state index in [1.807, 2.05) is 0 Å². The summed E-state index contributed by atoms with van der Waals surface area (Å²) in [5.41, 5.74) is -0.597. The third-order valence-electron chi connectivity index (χ3n) is 12.3. The first kappa shape index (κ1) is 19.4. The smallest absolute Gasteiger partial charge is 0.309 e.